The molecule has 27 heavy (non-hydrogen) atoms. The molecule has 0 aliphatic heterocycles. The Labute approximate surface area is 151 Å². The van der Waals surface area contributed by atoms with Crippen LogP contribution in [0.4, 0.5) is 4.39 Å². The second kappa shape index (κ2) is 6.45. The molecule has 2 aromatic carbocycles. The molecule has 0 bridgehead atoms. The first-order chi connectivity index (χ1) is 12.9. The van der Waals surface area contributed by atoms with Crippen molar-refractivity contribution in [2.45, 2.75) is 11.4 Å². The topological polar surface area (TPSA) is 134 Å². The molecule has 2 heterocycles. The molecule has 0 radical (unpaired) electrons. The van der Waals surface area contributed by atoms with Crippen LogP contribution in [-0.4, -0.2) is 28.5 Å². The summed E-state index contributed by atoms with van der Waals surface area (Å²) in [6.45, 7) is -0.224. The molecule has 0 aliphatic rings. The average Bonchev–Trinajstić information content (AvgIpc) is 3.25. The summed E-state index contributed by atoms with van der Waals surface area (Å²) in [5.74, 6) is -0.125. The molecule has 0 amide bonds. The van der Waals surface area contributed by atoms with Crippen LogP contribution in [0.1, 0.15) is 5.89 Å². The van der Waals surface area contributed by atoms with E-state index in [1.807, 2.05) is 0 Å². The highest BCUT2D eigenvalue weighted by molar-refractivity contribution is 7.89. The molecule has 3 N–H and O–H groups in total. The van der Waals surface area contributed by atoms with Crippen molar-refractivity contribution in [2.75, 3.05) is 0 Å². The van der Waals surface area contributed by atoms with E-state index in [0.717, 1.165) is 0 Å². The van der Waals surface area contributed by atoms with Gasteiger partial charge in [0.15, 0.2) is 0 Å². The molecule has 0 atom stereocenters. The van der Waals surface area contributed by atoms with Crippen LogP contribution in [0, 0.1) is 5.82 Å². The zero-order valence-corrected chi connectivity index (χ0v) is 14.4. The summed E-state index contributed by atoms with van der Waals surface area (Å²) in [6, 6.07) is 9.69. The minimum absolute atomic E-state index is 0.0245. The quantitative estimate of drug-likeness (QED) is 0.474. The van der Waals surface area contributed by atoms with Crippen LogP contribution in [0.2, 0.25) is 0 Å². The van der Waals surface area contributed by atoms with E-state index in [-0.39, 0.29) is 23.2 Å². The summed E-state index contributed by atoms with van der Waals surface area (Å²) in [7, 11) is -3.86. The minimum atomic E-state index is -3.86. The van der Waals surface area contributed by atoms with E-state index < -0.39 is 21.5 Å². The van der Waals surface area contributed by atoms with Crippen LogP contribution in [0.5, 0.6) is 0 Å². The Bertz CT molecular complexity index is 1270. The van der Waals surface area contributed by atoms with Crippen LogP contribution < -0.4 is 10.4 Å². The summed E-state index contributed by atoms with van der Waals surface area (Å²) in [5, 5.41) is 3.75. The lowest BCUT2D eigenvalue weighted by molar-refractivity contribution is 0.376. The Morgan fingerprint density at radius 1 is 1.07 bits per heavy atom. The van der Waals surface area contributed by atoms with Crippen molar-refractivity contribution in [1.82, 2.24) is 24.8 Å². The zero-order chi connectivity index (χ0) is 19.0. The molecular formula is C16H12FN5O4S. The third kappa shape index (κ3) is 3.50. The summed E-state index contributed by atoms with van der Waals surface area (Å²) in [4.78, 5) is 20.4. The molecule has 0 spiro atoms. The number of rotatable bonds is 5. The number of halogens is 1. The number of hydrogen-bond donors (Lipinski definition) is 3. The smallest absolute Gasteiger partial charge is 0.323 e. The molecular weight excluding hydrogens is 377 g/mol. The molecule has 4 rings (SSSR count). The fraction of sp³-hybridized carbons (Fsp3) is 0.0625. The maximum Gasteiger partial charge on any atom is 0.323 e. The number of nitrogens with one attached hydrogen (secondary N) is 3. The Kier molecular flexibility index (Phi) is 4.09. The largest absolute Gasteiger partial charge is 0.338 e. The van der Waals surface area contributed by atoms with Crippen LogP contribution in [0.3, 0.4) is 0 Å². The Morgan fingerprint density at radius 2 is 1.81 bits per heavy atom. The van der Waals surface area contributed by atoms with Gasteiger partial charge in [-0.3, -0.25) is 0 Å². The van der Waals surface area contributed by atoms with Crippen molar-refractivity contribution in [3.8, 4) is 11.4 Å². The first kappa shape index (κ1) is 17.1. The van der Waals surface area contributed by atoms with Gasteiger partial charge in [0.1, 0.15) is 5.82 Å². The number of benzene rings is 2. The van der Waals surface area contributed by atoms with Crippen molar-refractivity contribution < 1.29 is 17.3 Å². The predicted molar refractivity (Wildman–Crippen MR) is 92.6 cm³/mol. The maximum atomic E-state index is 13.0. The summed E-state index contributed by atoms with van der Waals surface area (Å²) in [6.07, 6.45) is 0. The number of sulfonamides is 1. The van der Waals surface area contributed by atoms with E-state index in [9.17, 15) is 17.6 Å². The van der Waals surface area contributed by atoms with E-state index in [0.29, 0.717) is 16.6 Å². The summed E-state index contributed by atoms with van der Waals surface area (Å²) >= 11 is 0. The van der Waals surface area contributed by atoms with E-state index in [4.69, 9.17) is 4.52 Å². The Balaban J connectivity index is 1.51. The SMILES string of the molecule is O=c1[nH]c2ccc(S(=O)(=O)NCc3nc(-c4ccc(F)cc4)no3)cc2[nH]1. The monoisotopic (exact) mass is 389 g/mol. The van der Waals surface area contributed by atoms with Crippen LogP contribution >= 0.6 is 0 Å². The molecule has 9 nitrogen and oxygen atoms in total. The number of nitrogens with zero attached hydrogens (tertiary/aromatic N) is 2. The van der Waals surface area contributed by atoms with Gasteiger partial charge >= 0.3 is 5.69 Å². The van der Waals surface area contributed by atoms with E-state index in [1.165, 1.54) is 42.5 Å². The minimum Gasteiger partial charge on any atom is -0.338 e. The van der Waals surface area contributed by atoms with Crippen molar-refractivity contribution in [3.63, 3.8) is 0 Å². The third-order valence-corrected chi connectivity index (χ3v) is 5.18. The fourth-order valence-corrected chi connectivity index (χ4v) is 3.46. The summed E-state index contributed by atoms with van der Waals surface area (Å²) in [5.41, 5.74) is 0.988. The van der Waals surface area contributed by atoms with Gasteiger partial charge in [-0.05, 0) is 42.5 Å². The molecule has 0 unspecified atom stereocenters. The molecule has 0 saturated carbocycles. The number of fused-ring (bicyclic) bond motifs is 1. The van der Waals surface area contributed by atoms with Crippen LogP contribution in [-0.2, 0) is 16.6 Å². The first-order valence-corrected chi connectivity index (χ1v) is 9.19. The highest BCUT2D eigenvalue weighted by atomic mass is 32.2. The van der Waals surface area contributed by atoms with Gasteiger partial charge in [-0.15, -0.1) is 0 Å². The normalized spacial score (nSPS) is 11.9. The lowest BCUT2D eigenvalue weighted by atomic mass is 10.2. The molecule has 11 heteroatoms. The van der Waals surface area contributed by atoms with Gasteiger partial charge in [0, 0.05) is 5.56 Å². The molecule has 138 valence electrons. The van der Waals surface area contributed by atoms with E-state index >= 15 is 0 Å². The fourth-order valence-electron chi connectivity index (χ4n) is 2.46. The first-order valence-electron chi connectivity index (χ1n) is 7.71. The second-order valence-corrected chi connectivity index (χ2v) is 7.40. The number of imidazole rings is 1. The standard InChI is InChI=1S/C16H12FN5O4S/c17-10-3-1-9(2-4-10)15-21-14(26-22-15)8-18-27(24,25)11-5-6-12-13(7-11)20-16(23)19-12/h1-7,18H,8H2,(H2,19,20,23). The van der Waals surface area contributed by atoms with Gasteiger partial charge < -0.3 is 14.5 Å². The highest BCUT2D eigenvalue weighted by Crippen LogP contribution is 2.17. The highest BCUT2D eigenvalue weighted by Gasteiger charge is 2.17. The van der Waals surface area contributed by atoms with Crippen LogP contribution in [0.15, 0.2) is 56.7 Å². The number of aromatic nitrogens is 4. The molecule has 0 fully saturated rings. The lowest BCUT2D eigenvalue weighted by Crippen LogP contribution is -2.23. The number of aromatic amines is 2. The van der Waals surface area contributed by atoms with Gasteiger partial charge in [0.05, 0.1) is 22.5 Å². The third-order valence-electron chi connectivity index (χ3n) is 3.78. The van der Waals surface area contributed by atoms with E-state index in [1.54, 1.807) is 0 Å². The molecule has 0 aliphatic carbocycles. The summed E-state index contributed by atoms with van der Waals surface area (Å²) < 4.78 is 45.2. The molecule has 4 aromatic rings. The van der Waals surface area contributed by atoms with E-state index in [2.05, 4.69) is 24.8 Å². The maximum absolute atomic E-state index is 13.0. The lowest BCUT2D eigenvalue weighted by Gasteiger charge is -2.04. The van der Waals surface area contributed by atoms with Gasteiger partial charge in [-0.2, -0.15) is 4.98 Å². The van der Waals surface area contributed by atoms with Gasteiger partial charge in [-0.25, -0.2) is 22.3 Å². The zero-order valence-electron chi connectivity index (χ0n) is 13.6. The van der Waals surface area contributed by atoms with Gasteiger partial charge in [0.2, 0.25) is 21.7 Å². The Hall–Kier alpha value is -3.31. The van der Waals surface area contributed by atoms with Crippen LogP contribution in [0.25, 0.3) is 22.4 Å². The molecule has 2 aromatic heterocycles. The predicted octanol–water partition coefficient (Wildman–Crippen LogP) is 1.52. The Morgan fingerprint density at radius 3 is 2.59 bits per heavy atom. The van der Waals surface area contributed by atoms with Crippen molar-refractivity contribution in [2.24, 2.45) is 0 Å². The molecule has 0 saturated heterocycles. The van der Waals surface area contributed by atoms with Crippen molar-refractivity contribution >= 4 is 21.1 Å². The number of hydrogen-bond acceptors (Lipinski definition) is 6. The van der Waals surface area contributed by atoms with Crippen molar-refractivity contribution in [3.05, 3.63) is 64.7 Å². The van der Waals surface area contributed by atoms with Gasteiger partial charge in [-0.1, -0.05) is 5.16 Å². The number of H-pyrrole nitrogens is 2. The second-order valence-electron chi connectivity index (χ2n) is 5.63. The average molecular weight is 389 g/mol. The van der Waals surface area contributed by atoms with Gasteiger partial charge in [0.25, 0.3) is 0 Å². The van der Waals surface area contributed by atoms with Crippen molar-refractivity contribution in [1.29, 1.82) is 0 Å².